The van der Waals surface area contributed by atoms with Crippen molar-refractivity contribution in [2.24, 2.45) is 0 Å². The van der Waals surface area contributed by atoms with E-state index in [4.69, 9.17) is 0 Å². The Balaban J connectivity index is 1.96. The first-order chi connectivity index (χ1) is 11.9. The number of benzene rings is 1. The van der Waals surface area contributed by atoms with E-state index in [0.29, 0.717) is 23.5 Å². The van der Waals surface area contributed by atoms with Crippen LogP contribution in [0.2, 0.25) is 0 Å². The van der Waals surface area contributed by atoms with E-state index in [1.165, 1.54) is 12.1 Å². The van der Waals surface area contributed by atoms with Crippen molar-refractivity contribution in [1.82, 2.24) is 9.38 Å². The highest BCUT2D eigenvalue weighted by atomic mass is 19.4. The standard InChI is InChI=1S/C18H16F3N3O/c1-2-6-14-16(24-10-4-3-9-15(24)23-14)17(25)22-13-8-5-7-12(11-13)18(19,20)21/h3-5,7-11H,2,6H2,1H3,(H,22,25). The Morgan fingerprint density at radius 1 is 1.20 bits per heavy atom. The predicted octanol–water partition coefficient (Wildman–Crippen LogP) is 4.56. The Labute approximate surface area is 142 Å². The van der Waals surface area contributed by atoms with Crippen LogP contribution >= 0.6 is 0 Å². The number of halogens is 3. The van der Waals surface area contributed by atoms with Crippen LogP contribution in [-0.4, -0.2) is 15.3 Å². The van der Waals surface area contributed by atoms with Gasteiger partial charge in [-0.1, -0.05) is 25.5 Å². The average molecular weight is 347 g/mol. The maximum Gasteiger partial charge on any atom is 0.416 e. The number of aryl methyl sites for hydroxylation is 1. The van der Waals surface area contributed by atoms with Crippen LogP contribution in [0.4, 0.5) is 18.9 Å². The summed E-state index contributed by atoms with van der Waals surface area (Å²) in [5, 5.41) is 2.55. The van der Waals surface area contributed by atoms with Crippen molar-refractivity contribution in [1.29, 1.82) is 0 Å². The lowest BCUT2D eigenvalue weighted by Gasteiger charge is -2.10. The van der Waals surface area contributed by atoms with Crippen LogP contribution in [0, 0.1) is 0 Å². The minimum atomic E-state index is -4.46. The first-order valence-electron chi connectivity index (χ1n) is 7.84. The maximum absolute atomic E-state index is 12.8. The number of nitrogens with zero attached hydrogens (tertiary/aromatic N) is 2. The Morgan fingerprint density at radius 3 is 2.72 bits per heavy atom. The van der Waals surface area contributed by atoms with E-state index in [1.54, 1.807) is 22.7 Å². The Bertz CT molecular complexity index is 915. The number of aromatic nitrogens is 2. The lowest BCUT2D eigenvalue weighted by molar-refractivity contribution is -0.137. The van der Waals surface area contributed by atoms with Gasteiger partial charge in [-0.2, -0.15) is 13.2 Å². The molecule has 0 atom stereocenters. The number of nitrogens with one attached hydrogen (secondary N) is 1. The molecule has 0 saturated heterocycles. The lowest BCUT2D eigenvalue weighted by atomic mass is 10.1. The van der Waals surface area contributed by atoms with Gasteiger partial charge >= 0.3 is 6.18 Å². The van der Waals surface area contributed by atoms with Gasteiger partial charge in [0.1, 0.15) is 11.3 Å². The smallest absolute Gasteiger partial charge is 0.321 e. The molecule has 0 radical (unpaired) electrons. The molecule has 0 saturated carbocycles. The molecule has 0 spiro atoms. The lowest BCUT2D eigenvalue weighted by Crippen LogP contribution is -2.17. The summed E-state index contributed by atoms with van der Waals surface area (Å²) in [5.74, 6) is -0.485. The van der Waals surface area contributed by atoms with E-state index in [2.05, 4.69) is 10.3 Å². The molecule has 3 rings (SSSR count). The fraction of sp³-hybridized carbons (Fsp3) is 0.222. The number of pyridine rings is 1. The molecular weight excluding hydrogens is 331 g/mol. The van der Waals surface area contributed by atoms with Crippen molar-refractivity contribution in [3.05, 3.63) is 65.6 Å². The third-order valence-corrected chi connectivity index (χ3v) is 3.75. The average Bonchev–Trinajstić information content (AvgIpc) is 2.92. The highest BCUT2D eigenvalue weighted by Crippen LogP contribution is 2.30. The van der Waals surface area contributed by atoms with Gasteiger partial charge in [0.25, 0.3) is 5.91 Å². The van der Waals surface area contributed by atoms with Crippen LogP contribution in [-0.2, 0) is 12.6 Å². The number of anilines is 1. The maximum atomic E-state index is 12.8. The van der Waals surface area contributed by atoms with Gasteiger partial charge in [0.2, 0.25) is 0 Å². The zero-order valence-corrected chi connectivity index (χ0v) is 13.5. The van der Waals surface area contributed by atoms with Crippen LogP contribution in [0.15, 0.2) is 48.7 Å². The van der Waals surface area contributed by atoms with Gasteiger partial charge in [-0.25, -0.2) is 4.98 Å². The molecule has 7 heteroatoms. The number of fused-ring (bicyclic) bond motifs is 1. The van der Waals surface area contributed by atoms with E-state index in [-0.39, 0.29) is 5.69 Å². The number of hydrogen-bond acceptors (Lipinski definition) is 2. The largest absolute Gasteiger partial charge is 0.416 e. The number of carbonyl (C=O) groups excluding carboxylic acids is 1. The van der Waals surface area contributed by atoms with E-state index in [9.17, 15) is 18.0 Å². The van der Waals surface area contributed by atoms with Crippen LogP contribution in [0.1, 0.15) is 35.1 Å². The van der Waals surface area contributed by atoms with Crippen molar-refractivity contribution < 1.29 is 18.0 Å². The SMILES string of the molecule is CCCc1nc2ccccn2c1C(=O)Nc1cccc(C(F)(F)F)c1. The fourth-order valence-electron chi connectivity index (χ4n) is 2.66. The molecule has 0 aliphatic heterocycles. The van der Waals surface area contributed by atoms with Gasteiger partial charge in [-0.05, 0) is 36.8 Å². The second-order valence-electron chi connectivity index (χ2n) is 5.62. The number of amides is 1. The van der Waals surface area contributed by atoms with Crippen LogP contribution in [0.25, 0.3) is 5.65 Å². The summed E-state index contributed by atoms with van der Waals surface area (Å²) in [6.45, 7) is 1.97. The van der Waals surface area contributed by atoms with Crippen molar-refractivity contribution in [3.8, 4) is 0 Å². The second-order valence-corrected chi connectivity index (χ2v) is 5.62. The molecule has 1 amide bonds. The highest BCUT2D eigenvalue weighted by Gasteiger charge is 2.30. The van der Waals surface area contributed by atoms with Crippen LogP contribution in [0.3, 0.4) is 0 Å². The van der Waals surface area contributed by atoms with Gasteiger partial charge in [0.05, 0.1) is 11.3 Å². The minimum Gasteiger partial charge on any atom is -0.321 e. The summed E-state index contributed by atoms with van der Waals surface area (Å²) < 4.78 is 40.1. The molecule has 25 heavy (non-hydrogen) atoms. The first-order valence-corrected chi connectivity index (χ1v) is 7.84. The summed E-state index contributed by atoms with van der Waals surface area (Å²) in [5.41, 5.74) is 0.874. The minimum absolute atomic E-state index is 0.0909. The van der Waals surface area contributed by atoms with E-state index < -0.39 is 17.6 Å². The molecule has 3 aromatic rings. The summed E-state index contributed by atoms with van der Waals surface area (Å²) >= 11 is 0. The quantitative estimate of drug-likeness (QED) is 0.752. The predicted molar refractivity (Wildman–Crippen MR) is 88.6 cm³/mol. The molecule has 130 valence electrons. The van der Waals surface area contributed by atoms with Crippen molar-refractivity contribution in [2.45, 2.75) is 25.9 Å². The summed E-state index contributed by atoms with van der Waals surface area (Å²) in [6, 6.07) is 9.93. The number of carbonyl (C=O) groups is 1. The molecular formula is C18H16F3N3O. The van der Waals surface area contributed by atoms with Crippen molar-refractivity contribution >= 4 is 17.2 Å². The Hall–Kier alpha value is -2.83. The normalized spacial score (nSPS) is 11.7. The Morgan fingerprint density at radius 2 is 2.00 bits per heavy atom. The highest BCUT2D eigenvalue weighted by molar-refractivity contribution is 6.04. The number of hydrogen-bond donors (Lipinski definition) is 1. The monoisotopic (exact) mass is 347 g/mol. The summed E-state index contributed by atoms with van der Waals surface area (Å²) in [4.78, 5) is 17.1. The third kappa shape index (κ3) is 3.50. The van der Waals surface area contributed by atoms with Crippen LogP contribution in [0.5, 0.6) is 0 Å². The molecule has 0 unspecified atom stereocenters. The summed E-state index contributed by atoms with van der Waals surface area (Å²) in [6.07, 6.45) is -1.35. The van der Waals surface area contributed by atoms with Crippen molar-refractivity contribution in [3.63, 3.8) is 0 Å². The van der Waals surface area contributed by atoms with Gasteiger partial charge in [0.15, 0.2) is 0 Å². The van der Waals surface area contributed by atoms with Gasteiger partial charge in [0, 0.05) is 11.9 Å². The first kappa shape index (κ1) is 17.0. The molecule has 2 heterocycles. The molecule has 0 bridgehead atoms. The van der Waals surface area contributed by atoms with Crippen LogP contribution < -0.4 is 5.32 Å². The zero-order valence-electron chi connectivity index (χ0n) is 13.5. The van der Waals surface area contributed by atoms with E-state index in [1.807, 2.05) is 13.0 Å². The molecule has 1 N–H and O–H groups in total. The number of imidazole rings is 1. The van der Waals surface area contributed by atoms with E-state index >= 15 is 0 Å². The molecule has 1 aromatic carbocycles. The molecule has 0 aliphatic rings. The molecule has 2 aromatic heterocycles. The topological polar surface area (TPSA) is 46.4 Å². The molecule has 0 aliphatic carbocycles. The second kappa shape index (κ2) is 6.58. The van der Waals surface area contributed by atoms with Crippen molar-refractivity contribution in [2.75, 3.05) is 5.32 Å². The molecule has 4 nitrogen and oxygen atoms in total. The number of rotatable bonds is 4. The number of alkyl halides is 3. The van der Waals surface area contributed by atoms with Gasteiger partial charge in [-0.3, -0.25) is 9.20 Å². The summed E-state index contributed by atoms with van der Waals surface area (Å²) in [7, 11) is 0. The third-order valence-electron chi connectivity index (χ3n) is 3.75. The fourth-order valence-corrected chi connectivity index (χ4v) is 2.66. The Kier molecular flexibility index (Phi) is 4.48. The van der Waals surface area contributed by atoms with E-state index in [0.717, 1.165) is 18.6 Å². The van der Waals surface area contributed by atoms with Gasteiger partial charge in [-0.15, -0.1) is 0 Å². The molecule has 0 fully saturated rings. The van der Waals surface area contributed by atoms with Gasteiger partial charge < -0.3 is 5.32 Å². The zero-order chi connectivity index (χ0) is 18.0.